The third kappa shape index (κ3) is 4.34. The van der Waals surface area contributed by atoms with E-state index in [0.717, 1.165) is 5.06 Å². The van der Waals surface area contributed by atoms with Crippen LogP contribution in [0.15, 0.2) is 24.3 Å². The second kappa shape index (κ2) is 6.78. The number of halogens is 1. The number of carbonyl (C=O) groups is 1. The number of phenolic OH excluding ortho intramolecular Hbond substituents is 1. The van der Waals surface area contributed by atoms with E-state index in [4.69, 9.17) is 10.6 Å². The molecule has 1 rings (SSSR count). The van der Waals surface area contributed by atoms with Gasteiger partial charge in [0.25, 0.3) is 5.91 Å². The van der Waals surface area contributed by atoms with Crippen LogP contribution in [0.4, 0.5) is 5.69 Å². The lowest BCUT2D eigenvalue weighted by atomic mass is 10.1. The van der Waals surface area contributed by atoms with Gasteiger partial charge in [0.2, 0.25) is 0 Å². The predicted octanol–water partition coefficient (Wildman–Crippen LogP) is 1.43. The molecule has 0 saturated heterocycles. The summed E-state index contributed by atoms with van der Waals surface area (Å²) < 4.78 is 0. The SMILES string of the molecule is CON(C)C(=O)C=Cc1cc(N)ccc1O.Cl. The van der Waals surface area contributed by atoms with Gasteiger partial charge in [0, 0.05) is 24.4 Å². The Labute approximate surface area is 106 Å². The normalized spacial score (nSPS) is 10.0. The Kier molecular flexibility index (Phi) is 6.09. The summed E-state index contributed by atoms with van der Waals surface area (Å²) in [5, 5.41) is 10.5. The zero-order valence-electron chi connectivity index (χ0n) is 9.58. The zero-order chi connectivity index (χ0) is 12.1. The topological polar surface area (TPSA) is 75.8 Å². The van der Waals surface area contributed by atoms with Crippen LogP contribution in [-0.4, -0.2) is 30.2 Å². The Morgan fingerprint density at radius 1 is 1.53 bits per heavy atom. The first-order valence-corrected chi connectivity index (χ1v) is 4.63. The molecule has 0 aromatic heterocycles. The zero-order valence-corrected chi connectivity index (χ0v) is 10.4. The molecule has 6 heteroatoms. The van der Waals surface area contributed by atoms with Crippen molar-refractivity contribution in [3.8, 4) is 5.75 Å². The van der Waals surface area contributed by atoms with Crippen molar-refractivity contribution >= 4 is 30.1 Å². The number of rotatable bonds is 3. The summed E-state index contributed by atoms with van der Waals surface area (Å²) in [5.74, 6) is -0.261. The van der Waals surface area contributed by atoms with Crippen LogP contribution >= 0.6 is 12.4 Å². The summed E-state index contributed by atoms with van der Waals surface area (Å²) >= 11 is 0. The number of likely N-dealkylation sites (N-methyl/N-ethyl adjacent to an activating group) is 1. The van der Waals surface area contributed by atoms with Gasteiger partial charge in [-0.1, -0.05) is 0 Å². The molecule has 0 spiro atoms. The lowest BCUT2D eigenvalue weighted by Crippen LogP contribution is -2.22. The summed E-state index contributed by atoms with van der Waals surface area (Å²) in [5.41, 5.74) is 6.56. The number of phenols is 1. The smallest absolute Gasteiger partial charge is 0.269 e. The molecular weight excluding hydrogens is 244 g/mol. The number of nitrogens with two attached hydrogens (primary N) is 1. The minimum absolute atomic E-state index is 0. The van der Waals surface area contributed by atoms with E-state index in [1.807, 2.05) is 0 Å². The number of amides is 1. The highest BCUT2D eigenvalue weighted by atomic mass is 35.5. The van der Waals surface area contributed by atoms with E-state index < -0.39 is 0 Å². The van der Waals surface area contributed by atoms with Gasteiger partial charge in [0.15, 0.2) is 0 Å². The van der Waals surface area contributed by atoms with Crippen molar-refractivity contribution in [3.05, 3.63) is 29.8 Å². The van der Waals surface area contributed by atoms with Crippen molar-refractivity contribution in [1.29, 1.82) is 0 Å². The number of hydrogen-bond donors (Lipinski definition) is 2. The minimum Gasteiger partial charge on any atom is -0.507 e. The lowest BCUT2D eigenvalue weighted by molar-refractivity contribution is -0.162. The van der Waals surface area contributed by atoms with E-state index in [9.17, 15) is 9.90 Å². The third-order valence-electron chi connectivity index (χ3n) is 2.04. The van der Waals surface area contributed by atoms with Gasteiger partial charge in [0.05, 0.1) is 7.11 Å². The van der Waals surface area contributed by atoms with Crippen LogP contribution in [0.25, 0.3) is 6.08 Å². The van der Waals surface area contributed by atoms with Gasteiger partial charge in [-0.25, -0.2) is 5.06 Å². The van der Waals surface area contributed by atoms with Gasteiger partial charge in [-0.15, -0.1) is 12.4 Å². The Hall–Kier alpha value is -1.72. The molecule has 0 saturated carbocycles. The molecule has 17 heavy (non-hydrogen) atoms. The summed E-state index contributed by atoms with van der Waals surface area (Å²) in [6.45, 7) is 0. The summed E-state index contributed by atoms with van der Waals surface area (Å²) in [7, 11) is 2.88. The first-order valence-electron chi connectivity index (χ1n) is 4.63. The molecule has 1 aromatic rings. The first-order chi connectivity index (χ1) is 7.54. The van der Waals surface area contributed by atoms with Crippen molar-refractivity contribution < 1.29 is 14.7 Å². The number of carbonyl (C=O) groups excluding carboxylic acids is 1. The number of nitrogen functional groups attached to an aromatic ring is 1. The second-order valence-electron chi connectivity index (χ2n) is 3.17. The maximum absolute atomic E-state index is 11.3. The molecule has 0 atom stereocenters. The molecular formula is C11H15ClN2O3. The Morgan fingerprint density at radius 3 is 2.76 bits per heavy atom. The highest BCUT2D eigenvalue weighted by molar-refractivity contribution is 5.91. The number of anilines is 1. The van der Waals surface area contributed by atoms with E-state index in [0.29, 0.717) is 11.3 Å². The highest BCUT2D eigenvalue weighted by Gasteiger charge is 2.03. The number of aromatic hydroxyl groups is 1. The fraction of sp³-hybridized carbons (Fsp3) is 0.182. The number of hydroxylamine groups is 2. The van der Waals surface area contributed by atoms with Crippen LogP contribution < -0.4 is 5.73 Å². The average molecular weight is 259 g/mol. The second-order valence-corrected chi connectivity index (χ2v) is 3.17. The summed E-state index contributed by atoms with van der Waals surface area (Å²) in [6.07, 6.45) is 2.77. The highest BCUT2D eigenvalue weighted by Crippen LogP contribution is 2.20. The molecule has 0 bridgehead atoms. The Balaban J connectivity index is 0.00000256. The van der Waals surface area contributed by atoms with E-state index in [1.54, 1.807) is 12.1 Å². The van der Waals surface area contributed by atoms with Gasteiger partial charge in [0.1, 0.15) is 5.75 Å². The molecule has 94 valence electrons. The molecule has 0 heterocycles. The lowest BCUT2D eigenvalue weighted by Gasteiger charge is -2.10. The molecule has 1 amide bonds. The Morgan fingerprint density at radius 2 is 2.18 bits per heavy atom. The van der Waals surface area contributed by atoms with Crippen molar-refractivity contribution in [1.82, 2.24) is 5.06 Å². The molecule has 0 fully saturated rings. The molecule has 0 radical (unpaired) electrons. The number of hydrogen-bond acceptors (Lipinski definition) is 4. The first kappa shape index (κ1) is 15.3. The van der Waals surface area contributed by atoms with E-state index in [1.165, 1.54) is 32.4 Å². The molecule has 1 aromatic carbocycles. The van der Waals surface area contributed by atoms with E-state index in [-0.39, 0.29) is 24.1 Å². The maximum atomic E-state index is 11.3. The van der Waals surface area contributed by atoms with Gasteiger partial charge in [-0.2, -0.15) is 0 Å². The summed E-state index contributed by atoms with van der Waals surface area (Å²) in [6, 6.07) is 4.63. The fourth-order valence-corrected chi connectivity index (χ4v) is 1.06. The predicted molar refractivity (Wildman–Crippen MR) is 68.6 cm³/mol. The molecule has 0 aliphatic carbocycles. The quantitative estimate of drug-likeness (QED) is 0.372. The van der Waals surface area contributed by atoms with Crippen molar-refractivity contribution in [3.63, 3.8) is 0 Å². The van der Waals surface area contributed by atoms with Crippen molar-refractivity contribution in [2.45, 2.75) is 0 Å². The number of benzene rings is 1. The van der Waals surface area contributed by atoms with Crippen molar-refractivity contribution in [2.75, 3.05) is 19.9 Å². The van der Waals surface area contributed by atoms with E-state index >= 15 is 0 Å². The monoisotopic (exact) mass is 258 g/mol. The van der Waals surface area contributed by atoms with Crippen LogP contribution in [0.3, 0.4) is 0 Å². The molecule has 0 aliphatic rings. The average Bonchev–Trinajstić information content (AvgIpc) is 2.28. The van der Waals surface area contributed by atoms with Crippen LogP contribution in [0.2, 0.25) is 0 Å². The van der Waals surface area contributed by atoms with Crippen LogP contribution in [0.1, 0.15) is 5.56 Å². The van der Waals surface area contributed by atoms with Gasteiger partial charge in [-0.3, -0.25) is 9.63 Å². The minimum atomic E-state index is -0.329. The molecule has 0 aliphatic heterocycles. The maximum Gasteiger partial charge on any atom is 0.269 e. The van der Waals surface area contributed by atoms with Gasteiger partial charge >= 0.3 is 0 Å². The van der Waals surface area contributed by atoms with Gasteiger partial charge in [-0.05, 0) is 24.3 Å². The van der Waals surface area contributed by atoms with E-state index in [2.05, 4.69) is 0 Å². The molecule has 0 unspecified atom stereocenters. The van der Waals surface area contributed by atoms with Crippen LogP contribution in [0.5, 0.6) is 5.75 Å². The van der Waals surface area contributed by atoms with Crippen molar-refractivity contribution in [2.24, 2.45) is 0 Å². The third-order valence-corrected chi connectivity index (χ3v) is 2.04. The standard InChI is InChI=1S/C11H14N2O3.ClH/c1-13(16-2)11(15)6-3-8-7-9(12)4-5-10(8)14;/h3-7,14H,12H2,1-2H3;1H. The largest absolute Gasteiger partial charge is 0.507 e. The fourth-order valence-electron chi connectivity index (χ4n) is 1.06. The summed E-state index contributed by atoms with van der Waals surface area (Å²) in [4.78, 5) is 16.0. The molecule has 3 N–H and O–H groups in total. The van der Waals surface area contributed by atoms with Crippen LogP contribution in [0, 0.1) is 0 Å². The van der Waals surface area contributed by atoms with Crippen LogP contribution in [-0.2, 0) is 9.63 Å². The molecule has 5 nitrogen and oxygen atoms in total. The Bertz CT molecular complexity index is 421. The number of nitrogens with zero attached hydrogens (tertiary/aromatic N) is 1. The van der Waals surface area contributed by atoms with Gasteiger partial charge < -0.3 is 10.8 Å².